The Morgan fingerprint density at radius 2 is 1.94 bits per heavy atom. The first-order valence-corrected chi connectivity index (χ1v) is 12.6. The van der Waals surface area contributed by atoms with Gasteiger partial charge in [0.15, 0.2) is 0 Å². The smallest absolute Gasteiger partial charge is 0.407 e. The third kappa shape index (κ3) is 5.11. The lowest BCUT2D eigenvalue weighted by atomic mass is 9.78. The van der Waals surface area contributed by atoms with Crippen molar-refractivity contribution >= 4 is 6.09 Å². The van der Waals surface area contributed by atoms with Crippen LogP contribution < -0.4 is 14.8 Å². The van der Waals surface area contributed by atoms with Crippen LogP contribution in [0.3, 0.4) is 0 Å². The standard InChI is InChI=1S/C28H36N2O5/c1-28(2)18-34-24-16-20(21-6-4-5-7-23(21)33-15-14-32-3)8-9-22(24)26(28)29-27(31)35-25-17-30-12-10-19(25)11-13-30/h4-9,16,19,25-26H,10-15,17-18H2,1-3H3,(H,29,31)/t25-,26?/m1/s1. The lowest BCUT2D eigenvalue weighted by Gasteiger charge is -2.44. The van der Waals surface area contributed by atoms with Crippen LogP contribution in [0, 0.1) is 11.3 Å². The van der Waals surface area contributed by atoms with Gasteiger partial charge in [0.1, 0.15) is 24.2 Å². The van der Waals surface area contributed by atoms with E-state index in [2.05, 4.69) is 36.2 Å². The van der Waals surface area contributed by atoms with Gasteiger partial charge in [-0.25, -0.2) is 4.79 Å². The molecule has 4 aliphatic heterocycles. The molecule has 188 valence electrons. The van der Waals surface area contributed by atoms with E-state index < -0.39 is 0 Å². The van der Waals surface area contributed by atoms with E-state index in [-0.39, 0.29) is 23.7 Å². The van der Waals surface area contributed by atoms with E-state index in [4.69, 9.17) is 18.9 Å². The third-order valence-electron chi connectivity index (χ3n) is 7.57. The van der Waals surface area contributed by atoms with Crippen LogP contribution in [-0.4, -0.2) is 63.7 Å². The van der Waals surface area contributed by atoms with Gasteiger partial charge in [0.25, 0.3) is 0 Å². The number of hydrogen-bond donors (Lipinski definition) is 1. The fraction of sp³-hybridized carbons (Fsp3) is 0.536. The molecule has 2 atom stereocenters. The maximum absolute atomic E-state index is 13.0. The molecule has 0 aliphatic carbocycles. The number of nitrogens with zero attached hydrogens (tertiary/aromatic N) is 1. The quantitative estimate of drug-likeness (QED) is 0.582. The van der Waals surface area contributed by atoms with Gasteiger partial charge in [-0.15, -0.1) is 0 Å². The van der Waals surface area contributed by atoms with Crippen LogP contribution in [-0.2, 0) is 9.47 Å². The predicted octanol–water partition coefficient (Wildman–Crippen LogP) is 4.66. The zero-order chi connectivity index (χ0) is 24.4. The number of piperidine rings is 3. The second kappa shape index (κ2) is 10.1. The molecule has 0 aromatic heterocycles. The molecule has 1 amide bonds. The van der Waals surface area contributed by atoms with E-state index in [1.54, 1.807) is 7.11 Å². The normalized spacial score (nSPS) is 26.4. The lowest BCUT2D eigenvalue weighted by Crippen LogP contribution is -2.53. The SMILES string of the molecule is COCCOc1ccccc1-c1ccc2c(c1)OCC(C)(C)C2NC(=O)O[C@@H]1CN2CCC1CC2. The minimum atomic E-state index is -0.337. The van der Waals surface area contributed by atoms with Crippen LogP contribution in [0.1, 0.15) is 38.3 Å². The predicted molar refractivity (Wildman–Crippen MR) is 134 cm³/mol. The van der Waals surface area contributed by atoms with Crippen LogP contribution in [0.4, 0.5) is 4.79 Å². The summed E-state index contributed by atoms with van der Waals surface area (Å²) < 4.78 is 23.2. The molecule has 2 bridgehead atoms. The lowest BCUT2D eigenvalue weighted by molar-refractivity contribution is -0.0361. The molecule has 2 aromatic rings. The molecule has 2 aromatic carbocycles. The van der Waals surface area contributed by atoms with Crippen molar-refractivity contribution in [3.05, 3.63) is 48.0 Å². The molecule has 1 N–H and O–H groups in total. The number of fused-ring (bicyclic) bond motifs is 4. The van der Waals surface area contributed by atoms with Gasteiger partial charge in [-0.2, -0.15) is 0 Å². The molecule has 1 unspecified atom stereocenters. The Kier molecular flexibility index (Phi) is 6.89. The van der Waals surface area contributed by atoms with Crippen LogP contribution in [0.15, 0.2) is 42.5 Å². The monoisotopic (exact) mass is 480 g/mol. The van der Waals surface area contributed by atoms with E-state index in [9.17, 15) is 4.79 Å². The van der Waals surface area contributed by atoms with Gasteiger partial charge in [0.05, 0.1) is 19.3 Å². The van der Waals surface area contributed by atoms with Crippen LogP contribution in [0.25, 0.3) is 11.1 Å². The summed E-state index contributed by atoms with van der Waals surface area (Å²) in [4.78, 5) is 15.4. The van der Waals surface area contributed by atoms with Crippen molar-refractivity contribution in [2.75, 3.05) is 46.6 Å². The summed E-state index contributed by atoms with van der Waals surface area (Å²) in [5.74, 6) is 2.06. The number of carbonyl (C=O) groups is 1. The Bertz CT molecular complexity index is 1050. The first-order valence-electron chi connectivity index (χ1n) is 12.6. The van der Waals surface area contributed by atoms with Gasteiger partial charge < -0.3 is 24.3 Å². The van der Waals surface area contributed by atoms with Crippen molar-refractivity contribution in [2.24, 2.45) is 11.3 Å². The molecule has 3 saturated heterocycles. The maximum Gasteiger partial charge on any atom is 0.407 e. The number of alkyl carbamates (subject to hydrolysis) is 1. The Hall–Kier alpha value is -2.77. The van der Waals surface area contributed by atoms with E-state index in [1.807, 2.05) is 30.3 Å². The average molecular weight is 481 g/mol. The van der Waals surface area contributed by atoms with Crippen LogP contribution >= 0.6 is 0 Å². The second-order valence-electron chi connectivity index (χ2n) is 10.5. The fourth-order valence-electron chi connectivity index (χ4n) is 5.51. The number of carbonyl (C=O) groups excluding carboxylic acids is 1. The summed E-state index contributed by atoms with van der Waals surface area (Å²) in [5.41, 5.74) is 2.69. The largest absolute Gasteiger partial charge is 0.493 e. The van der Waals surface area contributed by atoms with E-state index in [0.717, 1.165) is 60.7 Å². The van der Waals surface area contributed by atoms with Gasteiger partial charge in [-0.3, -0.25) is 4.90 Å². The topological polar surface area (TPSA) is 69.3 Å². The molecular formula is C28H36N2O5. The molecule has 6 rings (SSSR count). The first-order chi connectivity index (χ1) is 16.9. The summed E-state index contributed by atoms with van der Waals surface area (Å²) in [6, 6.07) is 13.9. The van der Waals surface area contributed by atoms with Crippen molar-refractivity contribution in [2.45, 2.75) is 38.8 Å². The molecule has 0 spiro atoms. The van der Waals surface area contributed by atoms with E-state index in [1.165, 1.54) is 0 Å². The maximum atomic E-state index is 13.0. The van der Waals surface area contributed by atoms with Crippen molar-refractivity contribution in [3.8, 4) is 22.6 Å². The van der Waals surface area contributed by atoms with Gasteiger partial charge in [0.2, 0.25) is 0 Å². The zero-order valence-electron chi connectivity index (χ0n) is 20.9. The van der Waals surface area contributed by atoms with Gasteiger partial charge in [-0.1, -0.05) is 44.2 Å². The number of nitrogens with one attached hydrogen (secondary N) is 1. The summed E-state index contributed by atoms with van der Waals surface area (Å²) >= 11 is 0. The first kappa shape index (κ1) is 23.9. The van der Waals surface area contributed by atoms with E-state index in [0.29, 0.717) is 25.7 Å². The molecule has 3 fully saturated rings. The minimum absolute atomic E-state index is 0.0168. The Morgan fingerprint density at radius 1 is 1.14 bits per heavy atom. The zero-order valence-corrected chi connectivity index (χ0v) is 20.9. The number of benzene rings is 2. The van der Waals surface area contributed by atoms with Crippen LogP contribution in [0.5, 0.6) is 11.5 Å². The Balaban J connectivity index is 1.34. The highest BCUT2D eigenvalue weighted by Gasteiger charge is 2.41. The number of methoxy groups -OCH3 is 1. The summed E-state index contributed by atoms with van der Waals surface area (Å²) in [5, 5.41) is 3.18. The Morgan fingerprint density at radius 3 is 2.69 bits per heavy atom. The number of ether oxygens (including phenoxy) is 4. The fourth-order valence-corrected chi connectivity index (χ4v) is 5.51. The highest BCUT2D eigenvalue weighted by molar-refractivity contribution is 5.73. The molecule has 4 heterocycles. The summed E-state index contributed by atoms with van der Waals surface area (Å²) in [7, 11) is 1.66. The van der Waals surface area contributed by atoms with Crippen molar-refractivity contribution < 1.29 is 23.7 Å². The molecule has 0 radical (unpaired) electrons. The number of hydrogen-bond acceptors (Lipinski definition) is 6. The highest BCUT2D eigenvalue weighted by Crippen LogP contribution is 2.45. The minimum Gasteiger partial charge on any atom is -0.493 e. The number of rotatable bonds is 7. The molecule has 7 heteroatoms. The molecule has 0 saturated carbocycles. The molecule has 35 heavy (non-hydrogen) atoms. The molecule has 4 aliphatic rings. The number of amides is 1. The molecule has 7 nitrogen and oxygen atoms in total. The van der Waals surface area contributed by atoms with Crippen molar-refractivity contribution in [3.63, 3.8) is 0 Å². The second-order valence-corrected chi connectivity index (χ2v) is 10.5. The average Bonchev–Trinajstić information content (AvgIpc) is 2.87. The summed E-state index contributed by atoms with van der Waals surface area (Å²) in [6.07, 6.45) is 1.87. The summed E-state index contributed by atoms with van der Waals surface area (Å²) in [6.45, 7) is 8.83. The van der Waals surface area contributed by atoms with Crippen LogP contribution in [0.2, 0.25) is 0 Å². The highest BCUT2D eigenvalue weighted by atomic mass is 16.6. The van der Waals surface area contributed by atoms with E-state index >= 15 is 0 Å². The van der Waals surface area contributed by atoms with Crippen molar-refractivity contribution in [1.29, 1.82) is 0 Å². The number of para-hydroxylation sites is 1. The van der Waals surface area contributed by atoms with Crippen molar-refractivity contribution in [1.82, 2.24) is 10.2 Å². The van der Waals surface area contributed by atoms with Gasteiger partial charge in [-0.05, 0) is 49.5 Å². The third-order valence-corrected chi connectivity index (χ3v) is 7.57. The Labute approximate surface area is 207 Å². The van der Waals surface area contributed by atoms with Gasteiger partial charge >= 0.3 is 6.09 Å². The van der Waals surface area contributed by atoms with Gasteiger partial charge in [0, 0.05) is 30.2 Å². The molecular weight excluding hydrogens is 444 g/mol.